The molecule has 0 bridgehead atoms. The van der Waals surface area contributed by atoms with E-state index < -0.39 is 11.2 Å². The van der Waals surface area contributed by atoms with Crippen LogP contribution >= 0.6 is 0 Å². The Bertz CT molecular complexity index is 386. The highest BCUT2D eigenvalue weighted by Gasteiger charge is 2.30. The Kier molecular flexibility index (Phi) is 4.58. The van der Waals surface area contributed by atoms with Gasteiger partial charge in [-0.25, -0.2) is 0 Å². The van der Waals surface area contributed by atoms with Crippen molar-refractivity contribution in [2.45, 2.75) is 31.0 Å². The Hall–Kier alpha value is -0.940. The second-order valence-corrected chi connectivity index (χ2v) is 5.58. The van der Waals surface area contributed by atoms with E-state index in [0.29, 0.717) is 39.1 Å². The Labute approximate surface area is 114 Å². The number of rotatable bonds is 5. The van der Waals surface area contributed by atoms with Gasteiger partial charge in [-0.1, -0.05) is 30.3 Å². The molecular formula is C15H23NO3. The average molecular weight is 265 g/mol. The van der Waals surface area contributed by atoms with Crippen LogP contribution in [0.3, 0.4) is 0 Å². The van der Waals surface area contributed by atoms with Gasteiger partial charge in [-0.15, -0.1) is 0 Å². The van der Waals surface area contributed by atoms with Crippen molar-refractivity contribution in [3.63, 3.8) is 0 Å². The molecule has 1 aliphatic rings. The molecule has 19 heavy (non-hydrogen) atoms. The summed E-state index contributed by atoms with van der Waals surface area (Å²) in [6, 6.07) is 9.57. The fraction of sp³-hybridized carbons (Fsp3) is 0.600. The molecule has 1 atom stereocenters. The Morgan fingerprint density at radius 2 is 1.89 bits per heavy atom. The number of ether oxygens (including phenoxy) is 1. The van der Waals surface area contributed by atoms with Gasteiger partial charge in [-0.3, -0.25) is 0 Å². The highest BCUT2D eigenvalue weighted by molar-refractivity contribution is 5.21. The summed E-state index contributed by atoms with van der Waals surface area (Å²) in [7, 11) is 0. The standard InChI is InChI=1S/C15H23NO3/c1-14(17,13-5-3-2-4-6-13)11-16-12-15(18)7-9-19-10-8-15/h2-6,16-18H,7-12H2,1H3. The van der Waals surface area contributed by atoms with Gasteiger partial charge in [0.15, 0.2) is 0 Å². The number of aliphatic hydroxyl groups is 2. The zero-order valence-corrected chi connectivity index (χ0v) is 11.4. The Morgan fingerprint density at radius 1 is 1.26 bits per heavy atom. The first kappa shape index (κ1) is 14.5. The largest absolute Gasteiger partial charge is 0.388 e. The molecule has 0 aliphatic carbocycles. The SMILES string of the molecule is CC(O)(CNCC1(O)CCOCC1)c1ccccc1. The minimum absolute atomic E-state index is 0.417. The van der Waals surface area contributed by atoms with Crippen molar-refractivity contribution in [1.29, 1.82) is 0 Å². The second-order valence-electron chi connectivity index (χ2n) is 5.58. The molecule has 0 saturated carbocycles. The summed E-state index contributed by atoms with van der Waals surface area (Å²) in [6.07, 6.45) is 1.29. The zero-order valence-electron chi connectivity index (χ0n) is 11.4. The molecule has 4 nitrogen and oxygen atoms in total. The molecule has 1 aromatic carbocycles. The maximum atomic E-state index is 10.4. The van der Waals surface area contributed by atoms with Gasteiger partial charge in [-0.2, -0.15) is 0 Å². The summed E-state index contributed by atoms with van der Waals surface area (Å²) < 4.78 is 5.24. The molecule has 1 aliphatic heterocycles. The van der Waals surface area contributed by atoms with E-state index in [2.05, 4.69) is 5.32 Å². The van der Waals surface area contributed by atoms with Crippen molar-refractivity contribution in [2.24, 2.45) is 0 Å². The molecule has 3 N–H and O–H groups in total. The molecular weight excluding hydrogens is 242 g/mol. The third-order valence-corrected chi connectivity index (χ3v) is 3.74. The molecule has 0 radical (unpaired) electrons. The molecule has 2 rings (SSSR count). The number of hydrogen-bond donors (Lipinski definition) is 3. The maximum absolute atomic E-state index is 10.4. The molecule has 0 spiro atoms. The molecule has 1 fully saturated rings. The third kappa shape index (κ3) is 4.01. The minimum Gasteiger partial charge on any atom is -0.388 e. The smallest absolute Gasteiger partial charge is 0.0992 e. The fourth-order valence-electron chi connectivity index (χ4n) is 2.37. The van der Waals surface area contributed by atoms with Gasteiger partial charge in [0.1, 0.15) is 0 Å². The monoisotopic (exact) mass is 265 g/mol. The first-order valence-electron chi connectivity index (χ1n) is 6.81. The van der Waals surface area contributed by atoms with Crippen LogP contribution in [0.5, 0.6) is 0 Å². The molecule has 1 aromatic rings. The second kappa shape index (κ2) is 6.01. The van der Waals surface area contributed by atoms with Gasteiger partial charge < -0.3 is 20.3 Å². The van der Waals surface area contributed by atoms with Crippen LogP contribution in [0.1, 0.15) is 25.3 Å². The van der Waals surface area contributed by atoms with Crippen molar-refractivity contribution in [1.82, 2.24) is 5.32 Å². The van der Waals surface area contributed by atoms with Crippen molar-refractivity contribution in [3.8, 4) is 0 Å². The number of benzene rings is 1. The van der Waals surface area contributed by atoms with Crippen LogP contribution in [0.2, 0.25) is 0 Å². The van der Waals surface area contributed by atoms with Crippen molar-refractivity contribution < 1.29 is 14.9 Å². The van der Waals surface area contributed by atoms with E-state index in [-0.39, 0.29) is 0 Å². The van der Waals surface area contributed by atoms with E-state index in [1.807, 2.05) is 30.3 Å². The molecule has 1 unspecified atom stereocenters. The van der Waals surface area contributed by atoms with E-state index in [4.69, 9.17) is 4.74 Å². The van der Waals surface area contributed by atoms with E-state index >= 15 is 0 Å². The summed E-state index contributed by atoms with van der Waals surface area (Å²) in [6.45, 7) is 3.89. The lowest BCUT2D eigenvalue weighted by Crippen LogP contribution is -2.48. The molecule has 106 valence electrons. The number of hydrogen-bond acceptors (Lipinski definition) is 4. The third-order valence-electron chi connectivity index (χ3n) is 3.74. The van der Waals surface area contributed by atoms with Gasteiger partial charge in [0.2, 0.25) is 0 Å². The Morgan fingerprint density at radius 3 is 2.53 bits per heavy atom. The Balaban J connectivity index is 1.84. The molecule has 1 heterocycles. The fourth-order valence-corrected chi connectivity index (χ4v) is 2.37. The van der Waals surface area contributed by atoms with Gasteiger partial charge in [0, 0.05) is 39.1 Å². The van der Waals surface area contributed by atoms with Crippen LogP contribution in [-0.2, 0) is 10.3 Å². The van der Waals surface area contributed by atoms with E-state index in [9.17, 15) is 10.2 Å². The van der Waals surface area contributed by atoms with Crippen molar-refractivity contribution >= 4 is 0 Å². The quantitative estimate of drug-likeness (QED) is 0.744. The topological polar surface area (TPSA) is 61.7 Å². The molecule has 0 aromatic heterocycles. The van der Waals surface area contributed by atoms with Crippen LogP contribution in [0, 0.1) is 0 Å². The first-order chi connectivity index (χ1) is 9.02. The van der Waals surface area contributed by atoms with E-state index in [1.54, 1.807) is 6.92 Å². The minimum atomic E-state index is -0.928. The van der Waals surface area contributed by atoms with Crippen LogP contribution in [0.15, 0.2) is 30.3 Å². The predicted molar refractivity (Wildman–Crippen MR) is 73.9 cm³/mol. The van der Waals surface area contributed by atoms with E-state index in [0.717, 1.165) is 5.56 Å². The lowest BCUT2D eigenvalue weighted by atomic mass is 9.93. The first-order valence-corrected chi connectivity index (χ1v) is 6.81. The van der Waals surface area contributed by atoms with Crippen LogP contribution in [-0.4, -0.2) is 42.1 Å². The van der Waals surface area contributed by atoms with Gasteiger partial charge in [-0.05, 0) is 12.5 Å². The van der Waals surface area contributed by atoms with Crippen molar-refractivity contribution in [3.05, 3.63) is 35.9 Å². The molecule has 1 saturated heterocycles. The highest BCUT2D eigenvalue weighted by Crippen LogP contribution is 2.21. The summed E-state index contributed by atoms with van der Waals surface area (Å²) in [5, 5.41) is 23.9. The van der Waals surface area contributed by atoms with Gasteiger partial charge in [0.05, 0.1) is 11.2 Å². The summed E-state index contributed by atoms with van der Waals surface area (Å²) in [5.41, 5.74) is -0.755. The molecule has 0 amide bonds. The summed E-state index contributed by atoms with van der Waals surface area (Å²) in [5.74, 6) is 0. The van der Waals surface area contributed by atoms with Gasteiger partial charge in [0.25, 0.3) is 0 Å². The van der Waals surface area contributed by atoms with Crippen LogP contribution in [0.25, 0.3) is 0 Å². The van der Waals surface area contributed by atoms with Gasteiger partial charge >= 0.3 is 0 Å². The molecule has 4 heteroatoms. The lowest BCUT2D eigenvalue weighted by Gasteiger charge is -2.33. The predicted octanol–water partition coefficient (Wildman–Crippen LogP) is 1.03. The average Bonchev–Trinajstić information content (AvgIpc) is 2.40. The van der Waals surface area contributed by atoms with Crippen LogP contribution < -0.4 is 5.32 Å². The number of nitrogens with one attached hydrogen (secondary N) is 1. The van der Waals surface area contributed by atoms with E-state index in [1.165, 1.54) is 0 Å². The normalized spacial score (nSPS) is 21.8. The zero-order chi connectivity index (χ0) is 13.8. The summed E-state index contributed by atoms with van der Waals surface area (Å²) in [4.78, 5) is 0. The highest BCUT2D eigenvalue weighted by atomic mass is 16.5. The van der Waals surface area contributed by atoms with Crippen molar-refractivity contribution in [2.75, 3.05) is 26.3 Å². The lowest BCUT2D eigenvalue weighted by molar-refractivity contribution is -0.0641. The maximum Gasteiger partial charge on any atom is 0.0992 e. The summed E-state index contributed by atoms with van der Waals surface area (Å²) >= 11 is 0. The van der Waals surface area contributed by atoms with Crippen LogP contribution in [0.4, 0.5) is 0 Å².